The van der Waals surface area contributed by atoms with Gasteiger partial charge in [-0.05, 0) is 52.3 Å². The fourth-order valence-electron chi connectivity index (χ4n) is 2.40. The second-order valence-corrected chi connectivity index (χ2v) is 6.40. The van der Waals surface area contributed by atoms with E-state index in [0.717, 1.165) is 0 Å². The summed E-state index contributed by atoms with van der Waals surface area (Å²) in [5.41, 5.74) is 1.43. The van der Waals surface area contributed by atoms with Gasteiger partial charge >= 0.3 is 0 Å². The van der Waals surface area contributed by atoms with Crippen LogP contribution in [0.1, 0.15) is 10.4 Å². The SMILES string of the molecule is O=C(NCCn1cnc(-c2ccc(F)cc2)cc1=O)c1ccccc1Br. The number of nitrogens with one attached hydrogen (secondary N) is 1. The minimum Gasteiger partial charge on any atom is -0.350 e. The Bertz CT molecular complexity index is 987. The topological polar surface area (TPSA) is 64.0 Å². The molecule has 0 unspecified atom stereocenters. The van der Waals surface area contributed by atoms with Crippen molar-refractivity contribution in [2.45, 2.75) is 6.54 Å². The van der Waals surface area contributed by atoms with Crippen LogP contribution in [0.2, 0.25) is 0 Å². The monoisotopic (exact) mass is 415 g/mol. The Hall–Kier alpha value is -2.80. The summed E-state index contributed by atoms with van der Waals surface area (Å²) in [6, 6.07) is 14.3. The van der Waals surface area contributed by atoms with Crippen molar-refractivity contribution in [1.29, 1.82) is 0 Å². The summed E-state index contributed by atoms with van der Waals surface area (Å²) in [6.07, 6.45) is 1.42. The van der Waals surface area contributed by atoms with Crippen LogP contribution in [-0.4, -0.2) is 22.0 Å². The molecule has 3 rings (SSSR count). The fraction of sp³-hybridized carbons (Fsp3) is 0.105. The molecule has 0 saturated carbocycles. The zero-order valence-corrected chi connectivity index (χ0v) is 15.2. The van der Waals surface area contributed by atoms with Crippen LogP contribution in [0.5, 0.6) is 0 Å². The minimum absolute atomic E-state index is 0.221. The number of benzene rings is 2. The molecule has 0 saturated heterocycles. The van der Waals surface area contributed by atoms with E-state index in [9.17, 15) is 14.0 Å². The Balaban J connectivity index is 1.64. The second-order valence-electron chi connectivity index (χ2n) is 5.55. The predicted molar refractivity (Wildman–Crippen MR) is 100 cm³/mol. The van der Waals surface area contributed by atoms with Gasteiger partial charge in [0.25, 0.3) is 11.5 Å². The summed E-state index contributed by atoms with van der Waals surface area (Å²) >= 11 is 3.33. The Morgan fingerprint density at radius 1 is 1.15 bits per heavy atom. The van der Waals surface area contributed by atoms with Crippen molar-refractivity contribution >= 4 is 21.8 Å². The zero-order chi connectivity index (χ0) is 18.5. The zero-order valence-electron chi connectivity index (χ0n) is 13.7. The molecule has 0 bridgehead atoms. The summed E-state index contributed by atoms with van der Waals surface area (Å²) < 4.78 is 15.1. The van der Waals surface area contributed by atoms with E-state index in [1.165, 1.54) is 29.1 Å². The molecular weight excluding hydrogens is 401 g/mol. The van der Waals surface area contributed by atoms with Gasteiger partial charge < -0.3 is 5.32 Å². The molecular formula is C19H15BrFN3O2. The van der Waals surface area contributed by atoms with Gasteiger partial charge in [-0.3, -0.25) is 14.2 Å². The number of hydrogen-bond acceptors (Lipinski definition) is 3. The highest BCUT2D eigenvalue weighted by Crippen LogP contribution is 2.16. The van der Waals surface area contributed by atoms with Crippen molar-refractivity contribution in [3.63, 3.8) is 0 Å². The van der Waals surface area contributed by atoms with Crippen molar-refractivity contribution in [3.8, 4) is 11.3 Å². The lowest BCUT2D eigenvalue weighted by atomic mass is 10.1. The number of hydrogen-bond donors (Lipinski definition) is 1. The van der Waals surface area contributed by atoms with Crippen LogP contribution in [0.3, 0.4) is 0 Å². The van der Waals surface area contributed by atoms with Gasteiger partial charge in [0.15, 0.2) is 0 Å². The van der Waals surface area contributed by atoms with Gasteiger partial charge in [-0.15, -0.1) is 0 Å². The lowest BCUT2D eigenvalue weighted by molar-refractivity contribution is 0.0951. The molecule has 3 aromatic rings. The molecule has 0 aliphatic heterocycles. The highest BCUT2D eigenvalue weighted by atomic mass is 79.9. The summed E-state index contributed by atoms with van der Waals surface area (Å²) in [7, 11) is 0. The first-order valence-electron chi connectivity index (χ1n) is 7.90. The van der Waals surface area contributed by atoms with Gasteiger partial charge in [-0.25, -0.2) is 9.37 Å². The Morgan fingerprint density at radius 3 is 2.58 bits per heavy atom. The lowest BCUT2D eigenvalue weighted by Crippen LogP contribution is -2.31. The number of rotatable bonds is 5. The van der Waals surface area contributed by atoms with Crippen molar-refractivity contribution in [2.75, 3.05) is 6.54 Å². The van der Waals surface area contributed by atoms with Crippen LogP contribution >= 0.6 is 15.9 Å². The van der Waals surface area contributed by atoms with Crippen LogP contribution in [0.15, 0.2) is 70.2 Å². The Morgan fingerprint density at radius 2 is 1.88 bits per heavy atom. The number of amides is 1. The van der Waals surface area contributed by atoms with Crippen LogP contribution in [-0.2, 0) is 6.54 Å². The number of halogens is 2. The standard InChI is InChI=1S/C19H15BrFN3O2/c20-16-4-2-1-3-15(16)19(26)22-9-10-24-12-23-17(11-18(24)25)13-5-7-14(21)8-6-13/h1-8,11-12H,9-10H2,(H,22,26). The number of carbonyl (C=O) groups excluding carboxylic acids is 1. The summed E-state index contributed by atoms with van der Waals surface area (Å²) in [4.78, 5) is 28.6. The largest absolute Gasteiger partial charge is 0.350 e. The summed E-state index contributed by atoms with van der Waals surface area (Å²) in [5, 5.41) is 2.77. The van der Waals surface area contributed by atoms with E-state index in [0.29, 0.717) is 27.8 Å². The Kier molecular flexibility index (Phi) is 5.58. The third-order valence-corrected chi connectivity index (χ3v) is 4.47. The van der Waals surface area contributed by atoms with Crippen molar-refractivity contribution in [3.05, 3.63) is 87.1 Å². The number of aromatic nitrogens is 2. The molecule has 132 valence electrons. The predicted octanol–water partition coefficient (Wildman–Crippen LogP) is 3.24. The second kappa shape index (κ2) is 8.05. The first-order chi connectivity index (χ1) is 12.5. The number of carbonyl (C=O) groups is 1. The molecule has 1 heterocycles. The van der Waals surface area contributed by atoms with E-state index in [1.807, 2.05) is 6.07 Å². The highest BCUT2D eigenvalue weighted by molar-refractivity contribution is 9.10. The minimum atomic E-state index is -0.345. The maximum Gasteiger partial charge on any atom is 0.253 e. The third-order valence-electron chi connectivity index (χ3n) is 3.78. The maximum atomic E-state index is 13.0. The third kappa shape index (κ3) is 4.23. The number of nitrogens with zero attached hydrogens (tertiary/aromatic N) is 2. The molecule has 0 aliphatic carbocycles. The van der Waals surface area contributed by atoms with E-state index < -0.39 is 0 Å². The lowest BCUT2D eigenvalue weighted by Gasteiger charge is -2.09. The van der Waals surface area contributed by atoms with Crippen LogP contribution in [0, 0.1) is 5.82 Å². The van der Waals surface area contributed by atoms with Crippen LogP contribution in [0.4, 0.5) is 4.39 Å². The molecule has 2 aromatic carbocycles. The van der Waals surface area contributed by atoms with Crippen molar-refractivity contribution in [1.82, 2.24) is 14.9 Å². The first kappa shape index (κ1) is 18.0. The molecule has 26 heavy (non-hydrogen) atoms. The molecule has 0 atom stereocenters. The van der Waals surface area contributed by atoms with Crippen LogP contribution < -0.4 is 10.9 Å². The molecule has 1 aromatic heterocycles. The molecule has 0 spiro atoms. The fourth-order valence-corrected chi connectivity index (χ4v) is 2.87. The van der Waals surface area contributed by atoms with Gasteiger partial charge in [0.05, 0.1) is 17.6 Å². The van der Waals surface area contributed by atoms with Gasteiger partial charge in [0.2, 0.25) is 0 Å². The molecule has 0 aliphatic rings. The molecule has 1 N–H and O–H groups in total. The normalized spacial score (nSPS) is 10.5. The molecule has 0 radical (unpaired) electrons. The molecule has 7 heteroatoms. The van der Waals surface area contributed by atoms with Gasteiger partial charge in [-0.1, -0.05) is 12.1 Å². The smallest absolute Gasteiger partial charge is 0.253 e. The van der Waals surface area contributed by atoms with E-state index in [4.69, 9.17) is 0 Å². The van der Waals surface area contributed by atoms with Crippen LogP contribution in [0.25, 0.3) is 11.3 Å². The quantitative estimate of drug-likeness (QED) is 0.695. The molecule has 5 nitrogen and oxygen atoms in total. The van der Waals surface area contributed by atoms with Gasteiger partial charge in [0.1, 0.15) is 5.82 Å². The van der Waals surface area contributed by atoms with E-state index >= 15 is 0 Å². The maximum absolute atomic E-state index is 13.0. The van der Waals surface area contributed by atoms with Crippen molar-refractivity contribution < 1.29 is 9.18 Å². The summed E-state index contributed by atoms with van der Waals surface area (Å²) in [5.74, 6) is -0.565. The van der Waals surface area contributed by atoms with Crippen molar-refractivity contribution in [2.24, 2.45) is 0 Å². The summed E-state index contributed by atoms with van der Waals surface area (Å²) in [6.45, 7) is 0.587. The average Bonchev–Trinajstić information content (AvgIpc) is 2.64. The average molecular weight is 416 g/mol. The van der Waals surface area contributed by atoms with Gasteiger partial charge in [-0.2, -0.15) is 0 Å². The van der Waals surface area contributed by atoms with E-state index in [-0.39, 0.29) is 23.8 Å². The van der Waals surface area contributed by atoms with E-state index in [2.05, 4.69) is 26.2 Å². The molecule has 1 amide bonds. The Labute approximate surface area is 157 Å². The highest BCUT2D eigenvalue weighted by Gasteiger charge is 2.09. The van der Waals surface area contributed by atoms with E-state index in [1.54, 1.807) is 30.3 Å². The first-order valence-corrected chi connectivity index (χ1v) is 8.69. The molecule has 0 fully saturated rings. The van der Waals surface area contributed by atoms with Gasteiger partial charge in [0, 0.05) is 29.2 Å².